The lowest BCUT2D eigenvalue weighted by molar-refractivity contribution is -0.118. The monoisotopic (exact) mass is 324 g/mol. The summed E-state index contributed by atoms with van der Waals surface area (Å²) in [5, 5.41) is 5.52. The molecule has 2 N–H and O–H groups in total. The van der Waals surface area contributed by atoms with E-state index in [9.17, 15) is 14.4 Å². The second-order valence-electron chi connectivity index (χ2n) is 5.52. The summed E-state index contributed by atoms with van der Waals surface area (Å²) in [4.78, 5) is 34.5. The third-order valence-corrected chi connectivity index (χ3v) is 3.53. The van der Waals surface area contributed by atoms with E-state index in [1.54, 1.807) is 36.4 Å². The van der Waals surface area contributed by atoms with Gasteiger partial charge in [0, 0.05) is 30.3 Å². The van der Waals surface area contributed by atoms with Gasteiger partial charge in [0.2, 0.25) is 5.91 Å². The molecule has 0 aliphatic rings. The van der Waals surface area contributed by atoms with Crippen LogP contribution >= 0.6 is 0 Å². The lowest BCUT2D eigenvalue weighted by Gasteiger charge is -2.08. The van der Waals surface area contributed by atoms with Crippen molar-refractivity contribution < 1.29 is 14.4 Å². The van der Waals surface area contributed by atoms with E-state index in [2.05, 4.69) is 10.6 Å². The highest BCUT2D eigenvalue weighted by molar-refractivity contribution is 6.05. The van der Waals surface area contributed by atoms with Crippen molar-refractivity contribution in [3.63, 3.8) is 0 Å². The summed E-state index contributed by atoms with van der Waals surface area (Å²) in [5.41, 5.74) is 2.72. The Kier molecular flexibility index (Phi) is 5.84. The van der Waals surface area contributed by atoms with Gasteiger partial charge < -0.3 is 10.6 Å². The number of ketones is 1. The molecule has 2 aromatic carbocycles. The van der Waals surface area contributed by atoms with Crippen LogP contribution in [0.4, 0.5) is 5.69 Å². The van der Waals surface area contributed by atoms with E-state index in [1.165, 1.54) is 13.8 Å². The molecule has 0 spiro atoms. The van der Waals surface area contributed by atoms with E-state index in [-0.39, 0.29) is 17.6 Å². The SMILES string of the molecule is CC(=O)NCCc1ccc(C(=O)Nc2cccc(C(C)=O)c2)cc1. The topological polar surface area (TPSA) is 75.3 Å². The number of rotatable bonds is 6. The van der Waals surface area contributed by atoms with Gasteiger partial charge in [-0.15, -0.1) is 0 Å². The molecule has 124 valence electrons. The molecule has 0 saturated heterocycles. The van der Waals surface area contributed by atoms with Gasteiger partial charge in [0.05, 0.1) is 0 Å². The molecule has 2 amide bonds. The lowest BCUT2D eigenvalue weighted by atomic mass is 10.1. The van der Waals surface area contributed by atoms with Gasteiger partial charge in [-0.2, -0.15) is 0 Å². The zero-order chi connectivity index (χ0) is 17.5. The highest BCUT2D eigenvalue weighted by atomic mass is 16.2. The molecule has 0 aliphatic carbocycles. The maximum Gasteiger partial charge on any atom is 0.255 e. The minimum absolute atomic E-state index is 0.0466. The van der Waals surface area contributed by atoms with Gasteiger partial charge in [0.1, 0.15) is 0 Å². The van der Waals surface area contributed by atoms with Crippen molar-refractivity contribution in [1.29, 1.82) is 0 Å². The van der Waals surface area contributed by atoms with Crippen LogP contribution in [0.5, 0.6) is 0 Å². The number of carbonyl (C=O) groups excluding carboxylic acids is 3. The number of nitrogens with one attached hydrogen (secondary N) is 2. The minimum Gasteiger partial charge on any atom is -0.356 e. The molecule has 0 aromatic heterocycles. The van der Waals surface area contributed by atoms with Crippen molar-refractivity contribution in [3.05, 3.63) is 65.2 Å². The Morgan fingerprint density at radius 1 is 0.917 bits per heavy atom. The fraction of sp³-hybridized carbons (Fsp3) is 0.211. The van der Waals surface area contributed by atoms with E-state index in [0.29, 0.717) is 29.8 Å². The van der Waals surface area contributed by atoms with E-state index in [4.69, 9.17) is 0 Å². The first-order valence-corrected chi connectivity index (χ1v) is 7.71. The van der Waals surface area contributed by atoms with E-state index < -0.39 is 0 Å². The van der Waals surface area contributed by atoms with Gasteiger partial charge in [-0.05, 0) is 43.2 Å². The van der Waals surface area contributed by atoms with Crippen molar-refractivity contribution in [2.24, 2.45) is 0 Å². The first kappa shape index (κ1) is 17.4. The Hall–Kier alpha value is -2.95. The molecule has 2 rings (SSSR count). The number of amides is 2. The van der Waals surface area contributed by atoms with Gasteiger partial charge in [0.25, 0.3) is 5.91 Å². The van der Waals surface area contributed by atoms with Crippen molar-refractivity contribution in [1.82, 2.24) is 5.32 Å². The number of carbonyl (C=O) groups is 3. The molecule has 0 radical (unpaired) electrons. The normalized spacial score (nSPS) is 10.1. The first-order chi connectivity index (χ1) is 11.5. The molecule has 0 fully saturated rings. The Morgan fingerprint density at radius 3 is 2.25 bits per heavy atom. The molecule has 5 heteroatoms. The van der Waals surface area contributed by atoms with Crippen molar-refractivity contribution >= 4 is 23.3 Å². The molecular formula is C19H20N2O3. The number of hydrogen-bond donors (Lipinski definition) is 2. The average molecular weight is 324 g/mol. The van der Waals surface area contributed by atoms with Gasteiger partial charge in [-0.3, -0.25) is 14.4 Å². The van der Waals surface area contributed by atoms with E-state index in [0.717, 1.165) is 5.56 Å². The largest absolute Gasteiger partial charge is 0.356 e. The van der Waals surface area contributed by atoms with Gasteiger partial charge >= 0.3 is 0 Å². The summed E-state index contributed by atoms with van der Waals surface area (Å²) in [6, 6.07) is 14.1. The molecular weight excluding hydrogens is 304 g/mol. The molecule has 0 heterocycles. The second-order valence-corrected chi connectivity index (χ2v) is 5.52. The van der Waals surface area contributed by atoms with Crippen LogP contribution in [0.3, 0.4) is 0 Å². The maximum atomic E-state index is 12.3. The highest BCUT2D eigenvalue weighted by Gasteiger charge is 2.07. The smallest absolute Gasteiger partial charge is 0.255 e. The van der Waals surface area contributed by atoms with E-state index >= 15 is 0 Å². The Balaban J connectivity index is 1.98. The number of anilines is 1. The summed E-state index contributed by atoms with van der Waals surface area (Å²) in [6.45, 7) is 3.54. The average Bonchev–Trinajstić information content (AvgIpc) is 2.55. The predicted molar refractivity (Wildman–Crippen MR) is 93.2 cm³/mol. The number of hydrogen-bond acceptors (Lipinski definition) is 3. The molecule has 0 saturated carbocycles. The van der Waals surface area contributed by atoms with Crippen LogP contribution in [0.2, 0.25) is 0 Å². The summed E-state index contributed by atoms with van der Waals surface area (Å²) in [5.74, 6) is -0.336. The van der Waals surface area contributed by atoms with Crippen LogP contribution in [0.25, 0.3) is 0 Å². The maximum absolute atomic E-state index is 12.3. The highest BCUT2D eigenvalue weighted by Crippen LogP contribution is 2.13. The Labute approximate surface area is 141 Å². The third kappa shape index (κ3) is 5.05. The second kappa shape index (κ2) is 8.06. The van der Waals surface area contributed by atoms with Gasteiger partial charge in [-0.25, -0.2) is 0 Å². The fourth-order valence-corrected chi connectivity index (χ4v) is 2.22. The zero-order valence-electron chi connectivity index (χ0n) is 13.8. The van der Waals surface area contributed by atoms with Gasteiger partial charge in [-0.1, -0.05) is 24.3 Å². The molecule has 0 unspecified atom stereocenters. The van der Waals surface area contributed by atoms with Crippen LogP contribution in [0.15, 0.2) is 48.5 Å². The summed E-state index contributed by atoms with van der Waals surface area (Å²) >= 11 is 0. The van der Waals surface area contributed by atoms with Crippen LogP contribution in [0.1, 0.15) is 40.1 Å². The van der Waals surface area contributed by atoms with Crippen molar-refractivity contribution in [3.8, 4) is 0 Å². The molecule has 2 aromatic rings. The first-order valence-electron chi connectivity index (χ1n) is 7.71. The zero-order valence-corrected chi connectivity index (χ0v) is 13.8. The predicted octanol–water partition coefficient (Wildman–Crippen LogP) is 2.82. The van der Waals surface area contributed by atoms with Crippen molar-refractivity contribution in [2.75, 3.05) is 11.9 Å². The third-order valence-electron chi connectivity index (χ3n) is 3.53. The van der Waals surface area contributed by atoms with E-state index in [1.807, 2.05) is 12.1 Å². The van der Waals surface area contributed by atoms with Gasteiger partial charge in [0.15, 0.2) is 5.78 Å². The molecule has 0 atom stereocenters. The Bertz CT molecular complexity index is 751. The molecule has 24 heavy (non-hydrogen) atoms. The van der Waals surface area contributed by atoms with Crippen LogP contribution < -0.4 is 10.6 Å². The summed E-state index contributed by atoms with van der Waals surface area (Å²) in [7, 11) is 0. The lowest BCUT2D eigenvalue weighted by Crippen LogP contribution is -2.22. The standard InChI is InChI=1S/C19H20N2O3/c1-13(22)17-4-3-5-18(12-17)21-19(24)16-8-6-15(7-9-16)10-11-20-14(2)23/h3-9,12H,10-11H2,1-2H3,(H,20,23)(H,21,24). The summed E-state index contributed by atoms with van der Waals surface area (Å²) < 4.78 is 0. The molecule has 5 nitrogen and oxygen atoms in total. The van der Waals surface area contributed by atoms with Crippen LogP contribution in [-0.4, -0.2) is 24.1 Å². The number of benzene rings is 2. The molecule has 0 bridgehead atoms. The minimum atomic E-state index is -0.232. The summed E-state index contributed by atoms with van der Waals surface area (Å²) in [6.07, 6.45) is 0.710. The Morgan fingerprint density at radius 2 is 1.62 bits per heavy atom. The van der Waals surface area contributed by atoms with Crippen molar-refractivity contribution in [2.45, 2.75) is 20.3 Å². The van der Waals surface area contributed by atoms with Crippen LogP contribution in [-0.2, 0) is 11.2 Å². The van der Waals surface area contributed by atoms with Crippen LogP contribution in [0, 0.1) is 0 Å². The number of Topliss-reactive ketones (excluding diaryl/α,β-unsaturated/α-hetero) is 1. The molecule has 0 aliphatic heterocycles. The quantitative estimate of drug-likeness (QED) is 0.802. The fourth-order valence-electron chi connectivity index (χ4n) is 2.22.